The van der Waals surface area contributed by atoms with E-state index in [-0.39, 0.29) is 47.6 Å². The van der Waals surface area contributed by atoms with Crippen molar-refractivity contribution in [3.63, 3.8) is 0 Å². The number of anilines is 2. The number of aromatic nitrogens is 6. The van der Waals surface area contributed by atoms with Crippen molar-refractivity contribution in [2.45, 2.75) is 50.9 Å². The van der Waals surface area contributed by atoms with Crippen molar-refractivity contribution in [3.8, 4) is 0 Å². The highest BCUT2D eigenvalue weighted by atomic mass is 19.1. The zero-order chi connectivity index (χ0) is 26.9. The number of fused-ring (bicyclic) bond motifs is 2. The van der Waals surface area contributed by atoms with E-state index in [0.29, 0.717) is 11.0 Å². The van der Waals surface area contributed by atoms with Gasteiger partial charge in [-0.3, -0.25) is 13.9 Å². The number of nitrogens with one attached hydrogen (secondary N) is 1. The van der Waals surface area contributed by atoms with E-state index in [1.165, 1.54) is 15.3 Å². The summed E-state index contributed by atoms with van der Waals surface area (Å²) >= 11 is 0. The number of nitrogens with two attached hydrogens (primary N) is 1. The number of carbonyl (C=O) groups excluding carboxylic acids is 1. The van der Waals surface area contributed by atoms with Crippen LogP contribution >= 0.6 is 0 Å². The predicted octanol–water partition coefficient (Wildman–Crippen LogP) is 1.45. The molecule has 4 N–H and O–H groups in total. The van der Waals surface area contributed by atoms with Gasteiger partial charge in [-0.2, -0.15) is 0 Å². The molecule has 0 atom stereocenters. The Morgan fingerprint density at radius 3 is 2.74 bits per heavy atom. The standard InChI is InChI=1S/C22H25FN8O3/c1-11(2)30-15-6-18(25-9-16(15)29(3)21(30)34)27-17-5-4-14-13(10-32)26-20(31(14)28-17)22(19(24)33)7-12(23)8-22/h4-6,9,11-12,32H,7-8,10H2,1-3H3,(H2,24,33)(H,25,27,28)/i3D3. The number of hydrogen-bond donors (Lipinski definition) is 3. The fourth-order valence-corrected chi connectivity index (χ4v) is 4.53. The normalized spacial score (nSPS) is 21.9. The molecule has 0 spiro atoms. The second-order valence-electron chi connectivity index (χ2n) is 8.77. The molecule has 0 saturated heterocycles. The summed E-state index contributed by atoms with van der Waals surface area (Å²) in [5.74, 6) is -0.0385. The highest BCUT2D eigenvalue weighted by molar-refractivity contribution is 5.87. The van der Waals surface area contributed by atoms with E-state index in [0.717, 1.165) is 4.57 Å². The van der Waals surface area contributed by atoms with Gasteiger partial charge >= 0.3 is 5.69 Å². The number of amides is 1. The van der Waals surface area contributed by atoms with Crippen LogP contribution in [0, 0.1) is 0 Å². The maximum Gasteiger partial charge on any atom is 0.329 e. The summed E-state index contributed by atoms with van der Waals surface area (Å²) in [5.41, 5.74) is 4.83. The van der Waals surface area contributed by atoms with Crippen molar-refractivity contribution < 1.29 is 18.4 Å². The van der Waals surface area contributed by atoms with Crippen molar-refractivity contribution >= 4 is 34.1 Å². The third-order valence-electron chi connectivity index (χ3n) is 6.29. The van der Waals surface area contributed by atoms with Gasteiger partial charge in [-0.15, -0.1) is 5.10 Å². The van der Waals surface area contributed by atoms with Crippen molar-refractivity contribution in [2.24, 2.45) is 12.7 Å². The molecular formula is C22H25FN8O3. The van der Waals surface area contributed by atoms with E-state index in [9.17, 15) is 19.1 Å². The third kappa shape index (κ3) is 3.09. The lowest BCUT2D eigenvalue weighted by Crippen LogP contribution is -2.53. The lowest BCUT2D eigenvalue weighted by atomic mass is 9.66. The quantitative estimate of drug-likeness (QED) is 0.386. The fraction of sp³-hybridized carbons (Fsp3) is 0.409. The molecule has 11 nitrogen and oxygen atoms in total. The summed E-state index contributed by atoms with van der Waals surface area (Å²) in [7, 11) is 0. The van der Waals surface area contributed by atoms with Crippen LogP contribution in [0.4, 0.5) is 16.0 Å². The van der Waals surface area contributed by atoms with Gasteiger partial charge in [-0.1, -0.05) is 0 Å². The maximum atomic E-state index is 13.8. The van der Waals surface area contributed by atoms with Crippen molar-refractivity contribution in [2.75, 3.05) is 5.32 Å². The summed E-state index contributed by atoms with van der Waals surface area (Å²) in [4.78, 5) is 33.8. The number of carbonyl (C=O) groups is 1. The fourth-order valence-electron chi connectivity index (χ4n) is 4.53. The smallest absolute Gasteiger partial charge is 0.329 e. The molecule has 0 aliphatic heterocycles. The van der Waals surface area contributed by atoms with Crippen LogP contribution in [-0.2, 0) is 23.8 Å². The monoisotopic (exact) mass is 471 g/mol. The van der Waals surface area contributed by atoms with Gasteiger partial charge in [-0.25, -0.2) is 23.7 Å². The van der Waals surface area contributed by atoms with Crippen molar-refractivity contribution in [3.05, 3.63) is 46.4 Å². The van der Waals surface area contributed by atoms with E-state index >= 15 is 0 Å². The van der Waals surface area contributed by atoms with E-state index in [4.69, 9.17) is 9.85 Å². The first kappa shape index (κ1) is 18.6. The lowest BCUT2D eigenvalue weighted by Gasteiger charge is -2.39. The number of halogens is 1. The van der Waals surface area contributed by atoms with Gasteiger partial charge in [0.15, 0.2) is 5.82 Å². The number of pyridine rings is 1. The van der Waals surface area contributed by atoms with Crippen molar-refractivity contribution in [1.29, 1.82) is 0 Å². The van der Waals surface area contributed by atoms with Crippen LogP contribution in [0.15, 0.2) is 29.2 Å². The average molecular weight is 472 g/mol. The molecule has 178 valence electrons. The molecule has 0 aromatic carbocycles. The molecule has 4 aromatic rings. The van der Waals surface area contributed by atoms with Crippen LogP contribution in [0.5, 0.6) is 0 Å². The number of aliphatic hydroxyl groups excluding tert-OH is 1. The molecule has 1 amide bonds. The molecule has 0 unspecified atom stereocenters. The second kappa shape index (κ2) is 7.62. The number of aliphatic hydroxyl groups is 1. The number of alkyl halides is 1. The number of aryl methyl sites for hydroxylation is 1. The Morgan fingerprint density at radius 1 is 1.35 bits per heavy atom. The SMILES string of the molecule is [2H]C([2H])([2H])n1c(=O)n(C(C)C)c2cc(Nc3ccc4c(CO)nc(C5(C(N)=O)CC(F)C5)n4n3)ncc21. The lowest BCUT2D eigenvalue weighted by molar-refractivity contribution is -0.129. The van der Waals surface area contributed by atoms with E-state index in [2.05, 4.69) is 20.4 Å². The van der Waals surface area contributed by atoms with Crippen LogP contribution in [-0.4, -0.2) is 45.9 Å². The molecule has 12 heteroatoms. The van der Waals surface area contributed by atoms with E-state index in [1.54, 1.807) is 32.0 Å². The minimum absolute atomic E-state index is 0.128. The van der Waals surface area contributed by atoms with Gasteiger partial charge in [-0.05, 0) is 26.0 Å². The molecule has 1 aliphatic rings. The topological polar surface area (TPSA) is 145 Å². The molecule has 1 saturated carbocycles. The molecule has 4 aromatic heterocycles. The van der Waals surface area contributed by atoms with Crippen molar-refractivity contribution in [1.82, 2.24) is 28.7 Å². The zero-order valence-electron chi connectivity index (χ0n) is 21.5. The summed E-state index contributed by atoms with van der Waals surface area (Å²) in [6.45, 7) is 0.433. The Hall–Kier alpha value is -3.80. The Labute approximate surface area is 197 Å². The third-order valence-corrected chi connectivity index (χ3v) is 6.29. The zero-order valence-corrected chi connectivity index (χ0v) is 18.5. The largest absolute Gasteiger partial charge is 0.390 e. The molecule has 0 radical (unpaired) electrons. The van der Waals surface area contributed by atoms with Gasteiger partial charge < -0.3 is 16.2 Å². The highest BCUT2D eigenvalue weighted by Gasteiger charge is 2.54. The molecule has 5 rings (SSSR count). The number of imidazole rings is 2. The average Bonchev–Trinajstić information content (AvgIpc) is 3.30. The summed E-state index contributed by atoms with van der Waals surface area (Å²) in [6.07, 6.45) is -0.156. The second-order valence-corrected chi connectivity index (χ2v) is 8.77. The first-order chi connectivity index (χ1) is 17.4. The maximum absolute atomic E-state index is 13.8. The number of nitrogens with zero attached hydrogens (tertiary/aromatic N) is 6. The summed E-state index contributed by atoms with van der Waals surface area (Å²) in [5, 5.41) is 17.3. The number of primary amides is 1. The predicted molar refractivity (Wildman–Crippen MR) is 123 cm³/mol. The first-order valence-electron chi connectivity index (χ1n) is 12.2. The van der Waals surface area contributed by atoms with Gasteiger partial charge in [0.2, 0.25) is 5.91 Å². The van der Waals surface area contributed by atoms with E-state index in [1.807, 2.05) is 0 Å². The first-order valence-corrected chi connectivity index (χ1v) is 10.7. The molecule has 1 fully saturated rings. The minimum Gasteiger partial charge on any atom is -0.390 e. The van der Waals surface area contributed by atoms with Gasteiger partial charge in [0.05, 0.1) is 35.0 Å². The van der Waals surface area contributed by atoms with Gasteiger partial charge in [0.25, 0.3) is 0 Å². The highest BCUT2D eigenvalue weighted by Crippen LogP contribution is 2.45. The van der Waals surface area contributed by atoms with Crippen LogP contribution < -0.4 is 16.7 Å². The Balaban J connectivity index is 1.60. The van der Waals surface area contributed by atoms with E-state index < -0.39 is 36.8 Å². The van der Waals surface area contributed by atoms with Gasteiger partial charge in [0, 0.05) is 36.0 Å². The van der Waals surface area contributed by atoms with Crippen LogP contribution in [0.3, 0.4) is 0 Å². The molecule has 34 heavy (non-hydrogen) atoms. The van der Waals surface area contributed by atoms with Crippen LogP contribution in [0.25, 0.3) is 16.6 Å². The van der Waals surface area contributed by atoms with Crippen LogP contribution in [0.2, 0.25) is 0 Å². The number of hydrogen-bond acceptors (Lipinski definition) is 7. The van der Waals surface area contributed by atoms with Gasteiger partial charge in [0.1, 0.15) is 23.2 Å². The Kier molecular flexibility index (Phi) is 4.17. The molecule has 0 bridgehead atoms. The summed E-state index contributed by atoms with van der Waals surface area (Å²) in [6, 6.07) is 4.46. The Morgan fingerprint density at radius 2 is 2.12 bits per heavy atom. The number of rotatable bonds is 6. The molecule has 1 aliphatic carbocycles. The molecule has 4 heterocycles. The molecular weight excluding hydrogens is 443 g/mol. The Bertz CT molecular complexity index is 1600. The summed E-state index contributed by atoms with van der Waals surface area (Å²) < 4.78 is 40.6. The minimum atomic E-state index is -2.68. The van der Waals surface area contributed by atoms with Crippen LogP contribution in [0.1, 0.15) is 48.4 Å².